The molecule has 0 saturated heterocycles. The number of benzene rings is 1. The number of carbonyl (C=O) groups excluding carboxylic acids is 2. The van der Waals surface area contributed by atoms with Crippen LogP contribution in [0.1, 0.15) is 5.56 Å². The maximum Gasteiger partial charge on any atom is 0.421 e. The lowest BCUT2D eigenvalue weighted by molar-refractivity contribution is 0.125. The fourth-order valence-corrected chi connectivity index (χ4v) is 1.88. The lowest BCUT2D eigenvalue weighted by atomic mass is 10.2. The smallest absolute Gasteiger partial charge is 0.421 e. The molecule has 104 valence electrons. The average molecular weight is 307 g/mol. The van der Waals surface area contributed by atoms with Crippen LogP contribution in [0.2, 0.25) is 5.02 Å². The van der Waals surface area contributed by atoms with Gasteiger partial charge in [0.15, 0.2) is 0 Å². The minimum Gasteiger partial charge on any atom is -0.444 e. The highest BCUT2D eigenvalue weighted by Crippen LogP contribution is 2.16. The highest BCUT2D eigenvalue weighted by Gasteiger charge is 2.17. The van der Waals surface area contributed by atoms with Crippen molar-refractivity contribution in [1.29, 1.82) is 0 Å². The van der Waals surface area contributed by atoms with E-state index in [0.717, 1.165) is 9.87 Å². The van der Waals surface area contributed by atoms with E-state index in [4.69, 9.17) is 16.3 Å². The summed E-state index contributed by atoms with van der Waals surface area (Å²) in [6.45, 7) is 0.0393. The monoisotopic (exact) mass is 306 g/mol. The minimum absolute atomic E-state index is 0.0393. The number of ether oxygens (including phenoxy) is 1. The summed E-state index contributed by atoms with van der Waals surface area (Å²) >= 11 is 6.38. The lowest BCUT2D eigenvalue weighted by Gasteiger charge is -2.19. The Balaban J connectivity index is 2.44. The predicted molar refractivity (Wildman–Crippen MR) is 71.3 cm³/mol. The quantitative estimate of drug-likeness (QED) is 0.485. The zero-order valence-electron chi connectivity index (χ0n) is 10.3. The molecule has 0 aliphatic rings. The van der Waals surface area contributed by atoms with Gasteiger partial charge in [-0.3, -0.25) is 0 Å². The Kier molecular flexibility index (Phi) is 5.91. The summed E-state index contributed by atoms with van der Waals surface area (Å²) in [5.41, 5.74) is 0.731. The normalized spacial score (nSPS) is 9.89. The zero-order chi connectivity index (χ0) is 14.4. The first kappa shape index (κ1) is 15.6. The molecular formula is C11H12ClFN2O3S. The number of carbonyl (C=O) groups is 2. The molecule has 0 aromatic heterocycles. The SMILES string of the molecule is CN(SN(C)C(=O)OCc1cccc(Cl)c1)C(=O)F. The Hall–Kier alpha value is -1.47. The molecule has 0 aliphatic carbocycles. The second-order valence-corrected chi connectivity index (χ2v) is 5.21. The van der Waals surface area contributed by atoms with E-state index in [1.165, 1.54) is 14.1 Å². The third kappa shape index (κ3) is 5.35. The fourth-order valence-electron chi connectivity index (χ4n) is 1.11. The lowest BCUT2D eigenvalue weighted by Crippen LogP contribution is -2.27. The molecule has 19 heavy (non-hydrogen) atoms. The van der Waals surface area contributed by atoms with Crippen LogP contribution in [0.3, 0.4) is 0 Å². The van der Waals surface area contributed by atoms with E-state index in [1.807, 2.05) is 0 Å². The molecule has 0 saturated carbocycles. The molecule has 0 unspecified atom stereocenters. The van der Waals surface area contributed by atoms with Crippen molar-refractivity contribution in [2.45, 2.75) is 6.61 Å². The van der Waals surface area contributed by atoms with Gasteiger partial charge in [-0.25, -0.2) is 18.2 Å². The summed E-state index contributed by atoms with van der Waals surface area (Å²) in [5.74, 6) is 0. The van der Waals surface area contributed by atoms with Crippen LogP contribution in [-0.2, 0) is 11.3 Å². The molecule has 0 spiro atoms. The van der Waals surface area contributed by atoms with Gasteiger partial charge in [0.1, 0.15) is 6.61 Å². The Morgan fingerprint density at radius 1 is 1.37 bits per heavy atom. The van der Waals surface area contributed by atoms with E-state index < -0.39 is 12.3 Å². The van der Waals surface area contributed by atoms with Gasteiger partial charge in [-0.05, 0) is 17.7 Å². The van der Waals surface area contributed by atoms with Gasteiger partial charge >= 0.3 is 12.3 Å². The topological polar surface area (TPSA) is 49.9 Å². The number of nitrogens with zero attached hydrogens (tertiary/aromatic N) is 2. The Labute approximate surface area is 119 Å². The van der Waals surface area contributed by atoms with Gasteiger partial charge in [0.05, 0.1) is 12.1 Å². The van der Waals surface area contributed by atoms with Crippen LogP contribution in [0.25, 0.3) is 0 Å². The van der Waals surface area contributed by atoms with Crippen molar-refractivity contribution in [3.63, 3.8) is 0 Å². The second kappa shape index (κ2) is 7.20. The fraction of sp³-hybridized carbons (Fsp3) is 0.273. The standard InChI is InChI=1S/C11H12ClFN2O3S/c1-14(10(13)16)19-15(2)11(17)18-7-8-4-3-5-9(12)6-8/h3-6H,7H2,1-2H3. The van der Waals surface area contributed by atoms with Crippen molar-refractivity contribution in [2.75, 3.05) is 14.1 Å². The van der Waals surface area contributed by atoms with E-state index in [2.05, 4.69) is 0 Å². The molecule has 5 nitrogen and oxygen atoms in total. The molecule has 0 bridgehead atoms. The van der Waals surface area contributed by atoms with E-state index >= 15 is 0 Å². The number of halogens is 2. The van der Waals surface area contributed by atoms with Crippen LogP contribution in [0.4, 0.5) is 14.0 Å². The molecule has 0 N–H and O–H groups in total. The van der Waals surface area contributed by atoms with Gasteiger partial charge in [-0.15, -0.1) is 4.39 Å². The summed E-state index contributed by atoms with van der Waals surface area (Å²) in [4.78, 5) is 21.9. The molecule has 1 aromatic rings. The molecule has 0 heterocycles. The molecule has 0 aliphatic heterocycles. The van der Waals surface area contributed by atoms with Crippen molar-refractivity contribution < 1.29 is 18.7 Å². The first-order valence-electron chi connectivity index (χ1n) is 5.16. The molecule has 1 aromatic carbocycles. The highest BCUT2D eigenvalue weighted by molar-refractivity contribution is 7.95. The highest BCUT2D eigenvalue weighted by atomic mass is 35.5. The second-order valence-electron chi connectivity index (χ2n) is 3.51. The maximum absolute atomic E-state index is 12.3. The third-order valence-corrected chi connectivity index (χ3v) is 3.02. The van der Waals surface area contributed by atoms with Crippen LogP contribution < -0.4 is 0 Å². The first-order chi connectivity index (χ1) is 8.90. The molecule has 2 amide bonds. The zero-order valence-corrected chi connectivity index (χ0v) is 11.9. The number of rotatable bonds is 4. The van der Waals surface area contributed by atoms with E-state index in [9.17, 15) is 14.0 Å². The number of amides is 2. The van der Waals surface area contributed by atoms with E-state index in [0.29, 0.717) is 21.5 Å². The number of hydrogen-bond donors (Lipinski definition) is 0. The van der Waals surface area contributed by atoms with Crippen molar-refractivity contribution >= 4 is 36.0 Å². The van der Waals surface area contributed by atoms with Crippen LogP contribution in [0, 0.1) is 0 Å². The van der Waals surface area contributed by atoms with Crippen molar-refractivity contribution in [3.8, 4) is 0 Å². The van der Waals surface area contributed by atoms with Gasteiger partial charge < -0.3 is 4.74 Å². The van der Waals surface area contributed by atoms with Gasteiger partial charge in [-0.1, -0.05) is 23.7 Å². The summed E-state index contributed by atoms with van der Waals surface area (Å²) in [5, 5.41) is 0.541. The van der Waals surface area contributed by atoms with Crippen molar-refractivity contribution in [1.82, 2.24) is 8.61 Å². The molecule has 0 atom stereocenters. The van der Waals surface area contributed by atoms with E-state index in [-0.39, 0.29) is 6.61 Å². The Morgan fingerprint density at radius 2 is 2.05 bits per heavy atom. The molecule has 0 fully saturated rings. The summed E-state index contributed by atoms with van der Waals surface area (Å²) in [6.07, 6.45) is -2.35. The molecule has 1 rings (SSSR count). The van der Waals surface area contributed by atoms with Crippen molar-refractivity contribution in [3.05, 3.63) is 34.9 Å². The van der Waals surface area contributed by atoms with Gasteiger partial charge in [0, 0.05) is 19.1 Å². The molecule has 0 radical (unpaired) electrons. The Bertz CT molecular complexity index is 475. The van der Waals surface area contributed by atoms with Crippen LogP contribution >= 0.6 is 23.7 Å². The summed E-state index contributed by atoms with van der Waals surface area (Å²) in [7, 11) is 2.57. The van der Waals surface area contributed by atoms with Gasteiger partial charge in [0.2, 0.25) is 0 Å². The number of hydrogen-bond acceptors (Lipinski definition) is 4. The molecular weight excluding hydrogens is 295 g/mol. The first-order valence-corrected chi connectivity index (χ1v) is 6.27. The third-order valence-electron chi connectivity index (χ3n) is 2.00. The minimum atomic E-state index is -1.65. The maximum atomic E-state index is 12.3. The average Bonchev–Trinajstić information content (AvgIpc) is 2.35. The molecule has 8 heteroatoms. The van der Waals surface area contributed by atoms with Crippen LogP contribution in [0.5, 0.6) is 0 Å². The Morgan fingerprint density at radius 3 is 2.63 bits per heavy atom. The van der Waals surface area contributed by atoms with Crippen LogP contribution in [0.15, 0.2) is 24.3 Å². The predicted octanol–water partition coefficient (Wildman–Crippen LogP) is 3.49. The largest absolute Gasteiger partial charge is 0.444 e. The van der Waals surface area contributed by atoms with Crippen LogP contribution in [-0.4, -0.2) is 35.0 Å². The van der Waals surface area contributed by atoms with Gasteiger partial charge in [0.25, 0.3) is 0 Å². The van der Waals surface area contributed by atoms with E-state index in [1.54, 1.807) is 24.3 Å². The summed E-state index contributed by atoms with van der Waals surface area (Å²) in [6, 6.07) is 6.86. The van der Waals surface area contributed by atoms with Crippen molar-refractivity contribution in [2.24, 2.45) is 0 Å². The summed E-state index contributed by atoms with van der Waals surface area (Å²) < 4.78 is 18.9. The van der Waals surface area contributed by atoms with Gasteiger partial charge in [-0.2, -0.15) is 0 Å².